The SMILES string of the molecule is C[C@H](c1ccccc1)N1CCC(=O)CC1C(F)(F)F. The Morgan fingerprint density at radius 1 is 1.26 bits per heavy atom. The van der Waals surface area contributed by atoms with Gasteiger partial charge in [0, 0.05) is 25.4 Å². The molecule has 0 saturated carbocycles. The van der Waals surface area contributed by atoms with Crippen molar-refractivity contribution in [2.24, 2.45) is 0 Å². The first-order chi connectivity index (χ1) is 8.89. The van der Waals surface area contributed by atoms with Gasteiger partial charge in [0.2, 0.25) is 0 Å². The fraction of sp³-hybridized carbons (Fsp3) is 0.500. The van der Waals surface area contributed by atoms with Crippen LogP contribution in [-0.4, -0.2) is 29.4 Å². The van der Waals surface area contributed by atoms with Crippen LogP contribution in [0.3, 0.4) is 0 Å². The van der Waals surface area contributed by atoms with Gasteiger partial charge < -0.3 is 0 Å². The van der Waals surface area contributed by atoms with Crippen LogP contribution >= 0.6 is 0 Å². The second kappa shape index (κ2) is 5.33. The molecule has 0 amide bonds. The van der Waals surface area contributed by atoms with E-state index in [-0.39, 0.29) is 24.8 Å². The first kappa shape index (κ1) is 14.1. The Kier molecular flexibility index (Phi) is 3.94. The molecule has 0 radical (unpaired) electrons. The number of hydrogen-bond donors (Lipinski definition) is 0. The number of ketones is 1. The number of piperidine rings is 1. The molecule has 19 heavy (non-hydrogen) atoms. The monoisotopic (exact) mass is 271 g/mol. The molecule has 0 aliphatic carbocycles. The van der Waals surface area contributed by atoms with E-state index in [1.807, 2.05) is 30.3 Å². The maximum absolute atomic E-state index is 13.0. The quantitative estimate of drug-likeness (QED) is 0.822. The number of rotatable bonds is 2. The Bertz CT molecular complexity index is 444. The van der Waals surface area contributed by atoms with Crippen molar-refractivity contribution in [1.29, 1.82) is 0 Å². The summed E-state index contributed by atoms with van der Waals surface area (Å²) in [6, 6.07) is 7.07. The van der Waals surface area contributed by atoms with Crippen molar-refractivity contribution in [3.63, 3.8) is 0 Å². The van der Waals surface area contributed by atoms with E-state index < -0.39 is 18.6 Å². The zero-order chi connectivity index (χ0) is 14.0. The Labute approximate surface area is 110 Å². The Morgan fingerprint density at radius 3 is 2.47 bits per heavy atom. The minimum Gasteiger partial charge on any atom is -0.300 e. The third kappa shape index (κ3) is 3.15. The number of carbonyl (C=O) groups excluding carboxylic acids is 1. The lowest BCUT2D eigenvalue weighted by Gasteiger charge is -2.40. The van der Waals surface area contributed by atoms with E-state index in [4.69, 9.17) is 0 Å². The van der Waals surface area contributed by atoms with Gasteiger partial charge >= 0.3 is 6.18 Å². The maximum atomic E-state index is 13.0. The highest BCUT2D eigenvalue weighted by Gasteiger charge is 2.47. The highest BCUT2D eigenvalue weighted by molar-refractivity contribution is 5.80. The number of carbonyl (C=O) groups is 1. The van der Waals surface area contributed by atoms with Crippen LogP contribution in [-0.2, 0) is 4.79 Å². The lowest BCUT2D eigenvalue weighted by atomic mass is 9.96. The fourth-order valence-corrected chi connectivity index (χ4v) is 2.53. The number of halogens is 3. The first-order valence-corrected chi connectivity index (χ1v) is 6.28. The molecule has 2 nitrogen and oxygen atoms in total. The first-order valence-electron chi connectivity index (χ1n) is 6.28. The summed E-state index contributed by atoms with van der Waals surface area (Å²) in [6.45, 7) is 1.92. The molecule has 1 saturated heterocycles. The van der Waals surface area contributed by atoms with E-state index in [1.54, 1.807) is 6.92 Å². The van der Waals surface area contributed by atoms with Crippen LogP contribution in [0.25, 0.3) is 0 Å². The summed E-state index contributed by atoms with van der Waals surface area (Å²) in [4.78, 5) is 12.7. The molecule has 0 N–H and O–H groups in total. The number of likely N-dealkylation sites (tertiary alicyclic amines) is 1. The molecule has 5 heteroatoms. The van der Waals surface area contributed by atoms with Crippen molar-refractivity contribution >= 4 is 5.78 Å². The van der Waals surface area contributed by atoms with E-state index >= 15 is 0 Å². The largest absolute Gasteiger partial charge is 0.404 e. The average Bonchev–Trinajstić information content (AvgIpc) is 2.38. The van der Waals surface area contributed by atoms with E-state index in [0.29, 0.717) is 0 Å². The Balaban J connectivity index is 2.23. The summed E-state index contributed by atoms with van der Waals surface area (Å²) in [5.41, 5.74) is 0.839. The average molecular weight is 271 g/mol. The fourth-order valence-electron chi connectivity index (χ4n) is 2.53. The van der Waals surface area contributed by atoms with Crippen molar-refractivity contribution in [2.45, 2.75) is 38.0 Å². The van der Waals surface area contributed by atoms with Crippen molar-refractivity contribution in [1.82, 2.24) is 4.90 Å². The lowest BCUT2D eigenvalue weighted by molar-refractivity contribution is -0.197. The maximum Gasteiger partial charge on any atom is 0.404 e. The predicted molar refractivity (Wildman–Crippen MR) is 65.6 cm³/mol. The molecular weight excluding hydrogens is 255 g/mol. The van der Waals surface area contributed by atoms with Crippen LogP contribution < -0.4 is 0 Å². The molecule has 0 aromatic heterocycles. The van der Waals surface area contributed by atoms with Crippen LogP contribution in [0.4, 0.5) is 13.2 Å². The van der Waals surface area contributed by atoms with Gasteiger partial charge in [-0.05, 0) is 12.5 Å². The van der Waals surface area contributed by atoms with Crippen LogP contribution in [0.1, 0.15) is 31.4 Å². The van der Waals surface area contributed by atoms with Gasteiger partial charge in [-0.1, -0.05) is 30.3 Å². The third-order valence-corrected chi connectivity index (χ3v) is 3.63. The molecule has 1 aliphatic heterocycles. The summed E-state index contributed by atoms with van der Waals surface area (Å²) >= 11 is 0. The van der Waals surface area contributed by atoms with Gasteiger partial charge in [0.05, 0.1) is 0 Å². The highest BCUT2D eigenvalue weighted by Crippen LogP contribution is 2.35. The summed E-state index contributed by atoms with van der Waals surface area (Å²) in [5.74, 6) is -0.307. The molecular formula is C14H16F3NO. The van der Waals surface area contributed by atoms with Gasteiger partial charge in [-0.15, -0.1) is 0 Å². The summed E-state index contributed by atoms with van der Waals surface area (Å²) in [5, 5.41) is 0. The normalized spacial score (nSPS) is 23.4. The number of Topliss-reactive ketones (excluding diaryl/α,β-unsaturated/α-hetero) is 1. The Morgan fingerprint density at radius 2 is 1.89 bits per heavy atom. The van der Waals surface area contributed by atoms with Gasteiger partial charge in [0.1, 0.15) is 11.8 Å². The molecule has 104 valence electrons. The van der Waals surface area contributed by atoms with Gasteiger partial charge in [0.15, 0.2) is 0 Å². The van der Waals surface area contributed by atoms with Crippen LogP contribution in [0.5, 0.6) is 0 Å². The number of hydrogen-bond acceptors (Lipinski definition) is 2. The van der Waals surface area contributed by atoms with Gasteiger partial charge in [0.25, 0.3) is 0 Å². The van der Waals surface area contributed by atoms with Gasteiger partial charge in [-0.3, -0.25) is 9.69 Å². The van der Waals surface area contributed by atoms with Crippen molar-refractivity contribution in [2.75, 3.05) is 6.54 Å². The van der Waals surface area contributed by atoms with Crippen LogP contribution in [0, 0.1) is 0 Å². The standard InChI is InChI=1S/C14H16F3NO/c1-10(11-5-3-2-4-6-11)18-8-7-12(19)9-13(18)14(15,16)17/h2-6,10,13H,7-9H2,1H3/t10-,13?/m1/s1. The van der Waals surface area contributed by atoms with E-state index in [1.165, 1.54) is 4.90 Å². The number of nitrogens with zero attached hydrogens (tertiary/aromatic N) is 1. The molecule has 1 heterocycles. The second-order valence-electron chi connectivity index (χ2n) is 4.87. The van der Waals surface area contributed by atoms with Crippen molar-refractivity contribution < 1.29 is 18.0 Å². The van der Waals surface area contributed by atoms with E-state index in [9.17, 15) is 18.0 Å². The van der Waals surface area contributed by atoms with E-state index in [0.717, 1.165) is 5.56 Å². The summed E-state index contributed by atoms with van der Waals surface area (Å²) in [7, 11) is 0. The minimum atomic E-state index is -4.36. The van der Waals surface area contributed by atoms with Crippen molar-refractivity contribution in [3.05, 3.63) is 35.9 Å². The van der Waals surface area contributed by atoms with Gasteiger partial charge in [-0.25, -0.2) is 0 Å². The molecule has 1 unspecified atom stereocenters. The molecule has 0 bridgehead atoms. The zero-order valence-electron chi connectivity index (χ0n) is 10.7. The number of benzene rings is 1. The van der Waals surface area contributed by atoms with Crippen LogP contribution in [0.2, 0.25) is 0 Å². The van der Waals surface area contributed by atoms with Crippen LogP contribution in [0.15, 0.2) is 30.3 Å². The third-order valence-electron chi connectivity index (χ3n) is 3.63. The summed E-state index contributed by atoms with van der Waals surface area (Å²) in [6.07, 6.45) is -4.59. The van der Waals surface area contributed by atoms with Gasteiger partial charge in [-0.2, -0.15) is 13.2 Å². The lowest BCUT2D eigenvalue weighted by Crippen LogP contribution is -2.51. The molecule has 1 aliphatic rings. The van der Waals surface area contributed by atoms with E-state index in [2.05, 4.69) is 0 Å². The molecule has 2 rings (SSSR count). The molecule has 2 atom stereocenters. The molecule has 0 spiro atoms. The summed E-state index contributed by atoms with van der Waals surface area (Å²) < 4.78 is 39.1. The van der Waals surface area contributed by atoms with Crippen molar-refractivity contribution in [3.8, 4) is 0 Å². The minimum absolute atomic E-state index is 0.166. The topological polar surface area (TPSA) is 20.3 Å². The highest BCUT2D eigenvalue weighted by atomic mass is 19.4. The predicted octanol–water partition coefficient (Wildman–Crippen LogP) is 3.34. The molecule has 1 aromatic carbocycles. The Hall–Kier alpha value is -1.36. The smallest absolute Gasteiger partial charge is 0.300 e. The molecule has 1 fully saturated rings. The number of alkyl halides is 3. The zero-order valence-corrected chi connectivity index (χ0v) is 10.7. The molecule has 1 aromatic rings. The second-order valence-corrected chi connectivity index (χ2v) is 4.87.